The summed E-state index contributed by atoms with van der Waals surface area (Å²) in [6.07, 6.45) is 3.15. The number of nitrogens with one attached hydrogen (secondary N) is 1. The quantitative estimate of drug-likeness (QED) is 0.635. The molecule has 0 amide bonds. The number of benzene rings is 1. The first-order valence-corrected chi connectivity index (χ1v) is 5.92. The molecule has 0 spiro atoms. The third-order valence-electron chi connectivity index (χ3n) is 3.21. The molecule has 0 radical (unpaired) electrons. The van der Waals surface area contributed by atoms with Crippen molar-refractivity contribution in [1.29, 1.82) is 0 Å². The third kappa shape index (κ3) is 2.38. The Morgan fingerprint density at radius 2 is 2.28 bits per heavy atom. The Bertz CT molecular complexity index is 456. The molecule has 0 saturated carbocycles. The van der Waals surface area contributed by atoms with Gasteiger partial charge < -0.3 is 15.2 Å². The second kappa shape index (κ2) is 5.22. The molecule has 0 unspecified atom stereocenters. The topological polar surface area (TPSA) is 84.6 Å². The van der Waals surface area contributed by atoms with Crippen LogP contribution in [0, 0.1) is 10.1 Å². The highest BCUT2D eigenvalue weighted by Gasteiger charge is 2.24. The van der Waals surface area contributed by atoms with Gasteiger partial charge in [0.15, 0.2) is 5.75 Å². The number of methoxy groups -OCH3 is 1. The van der Waals surface area contributed by atoms with Crippen molar-refractivity contribution in [3.05, 3.63) is 27.8 Å². The van der Waals surface area contributed by atoms with E-state index in [1.807, 2.05) is 0 Å². The number of aromatic hydroxyl groups is 1. The van der Waals surface area contributed by atoms with Gasteiger partial charge in [0.1, 0.15) is 0 Å². The lowest BCUT2D eigenvalue weighted by atomic mass is 9.96. The molecule has 1 aromatic carbocycles. The van der Waals surface area contributed by atoms with Gasteiger partial charge in [0.25, 0.3) is 0 Å². The van der Waals surface area contributed by atoms with Crippen molar-refractivity contribution >= 4 is 5.69 Å². The molecule has 0 aliphatic carbocycles. The van der Waals surface area contributed by atoms with E-state index in [0.717, 1.165) is 31.4 Å². The Hall–Kier alpha value is -1.82. The van der Waals surface area contributed by atoms with E-state index < -0.39 is 10.7 Å². The summed E-state index contributed by atoms with van der Waals surface area (Å²) in [5.41, 5.74) is 0.479. The minimum absolute atomic E-state index is 0.0898. The van der Waals surface area contributed by atoms with Gasteiger partial charge in [-0.1, -0.05) is 6.42 Å². The Kier molecular flexibility index (Phi) is 3.66. The second-order valence-electron chi connectivity index (χ2n) is 4.35. The number of hydrogen-bond acceptors (Lipinski definition) is 5. The molecule has 0 aromatic heterocycles. The van der Waals surface area contributed by atoms with Gasteiger partial charge in [0.2, 0.25) is 5.75 Å². The van der Waals surface area contributed by atoms with E-state index in [1.54, 1.807) is 6.07 Å². The van der Waals surface area contributed by atoms with Gasteiger partial charge in [0.05, 0.1) is 12.0 Å². The minimum Gasteiger partial charge on any atom is -0.500 e. The lowest BCUT2D eigenvalue weighted by molar-refractivity contribution is -0.386. The van der Waals surface area contributed by atoms with Gasteiger partial charge in [0, 0.05) is 12.1 Å². The van der Waals surface area contributed by atoms with E-state index in [0.29, 0.717) is 0 Å². The number of rotatable bonds is 3. The molecule has 1 aliphatic heterocycles. The zero-order chi connectivity index (χ0) is 13.1. The van der Waals surface area contributed by atoms with Crippen LogP contribution in [0.3, 0.4) is 0 Å². The lowest BCUT2D eigenvalue weighted by Crippen LogP contribution is -2.26. The molecule has 1 aliphatic rings. The molecular formula is C12H16N2O4. The first-order valence-electron chi connectivity index (χ1n) is 5.92. The normalized spacial score (nSPS) is 19.5. The first-order chi connectivity index (χ1) is 8.63. The van der Waals surface area contributed by atoms with Gasteiger partial charge >= 0.3 is 5.69 Å². The predicted molar refractivity (Wildman–Crippen MR) is 65.9 cm³/mol. The molecular weight excluding hydrogens is 236 g/mol. The van der Waals surface area contributed by atoms with E-state index in [-0.39, 0.29) is 17.5 Å². The SMILES string of the molecule is COc1cc([C@@H]2CCCCN2)cc([N+](=O)[O-])c1O. The third-order valence-corrected chi connectivity index (χ3v) is 3.21. The molecule has 2 rings (SSSR count). The zero-order valence-electron chi connectivity index (χ0n) is 10.2. The molecule has 1 saturated heterocycles. The molecule has 1 heterocycles. The van der Waals surface area contributed by atoms with Crippen molar-refractivity contribution < 1.29 is 14.8 Å². The Morgan fingerprint density at radius 3 is 2.83 bits per heavy atom. The van der Waals surface area contributed by atoms with Crippen molar-refractivity contribution in [1.82, 2.24) is 5.32 Å². The van der Waals surface area contributed by atoms with Crippen molar-refractivity contribution in [3.63, 3.8) is 0 Å². The van der Waals surface area contributed by atoms with Gasteiger partial charge in [-0.15, -0.1) is 0 Å². The highest BCUT2D eigenvalue weighted by atomic mass is 16.6. The van der Waals surface area contributed by atoms with Crippen LogP contribution in [0.2, 0.25) is 0 Å². The molecule has 0 bridgehead atoms. The summed E-state index contributed by atoms with van der Waals surface area (Å²) in [7, 11) is 1.39. The number of ether oxygens (including phenoxy) is 1. The van der Waals surface area contributed by atoms with Crippen LogP contribution < -0.4 is 10.1 Å². The standard InChI is InChI=1S/C12H16N2O4/c1-18-11-7-8(9-4-2-3-5-13-9)6-10(12(11)15)14(16)17/h6-7,9,13,15H,2-5H2,1H3/t9-/m0/s1. The monoisotopic (exact) mass is 252 g/mol. The summed E-state index contributed by atoms with van der Waals surface area (Å²) >= 11 is 0. The number of nitrogens with zero attached hydrogens (tertiary/aromatic N) is 1. The molecule has 6 heteroatoms. The van der Waals surface area contributed by atoms with Crippen LogP contribution in [-0.2, 0) is 0 Å². The van der Waals surface area contributed by atoms with Crippen LogP contribution in [0.5, 0.6) is 11.5 Å². The molecule has 1 fully saturated rings. The van der Waals surface area contributed by atoms with Gasteiger partial charge in [-0.25, -0.2) is 0 Å². The lowest BCUT2D eigenvalue weighted by Gasteiger charge is -2.24. The Balaban J connectivity index is 2.41. The number of hydrogen-bond donors (Lipinski definition) is 2. The van der Waals surface area contributed by atoms with E-state index in [2.05, 4.69) is 5.32 Å². The van der Waals surface area contributed by atoms with E-state index in [1.165, 1.54) is 13.2 Å². The van der Waals surface area contributed by atoms with Gasteiger partial charge in [-0.05, 0) is 31.0 Å². The van der Waals surface area contributed by atoms with Crippen LogP contribution in [0.4, 0.5) is 5.69 Å². The van der Waals surface area contributed by atoms with Crippen molar-refractivity contribution in [2.24, 2.45) is 0 Å². The number of piperidine rings is 1. The molecule has 1 aromatic rings. The number of nitro groups is 1. The summed E-state index contributed by atoms with van der Waals surface area (Å²) in [6.45, 7) is 0.904. The Morgan fingerprint density at radius 1 is 1.50 bits per heavy atom. The van der Waals surface area contributed by atoms with E-state index >= 15 is 0 Å². The molecule has 1 atom stereocenters. The highest BCUT2D eigenvalue weighted by molar-refractivity contribution is 5.57. The largest absolute Gasteiger partial charge is 0.500 e. The molecule has 18 heavy (non-hydrogen) atoms. The van der Waals surface area contributed by atoms with E-state index in [9.17, 15) is 15.2 Å². The maximum absolute atomic E-state index is 10.9. The average Bonchev–Trinajstić information content (AvgIpc) is 2.39. The predicted octanol–water partition coefficient (Wildman–Crippen LogP) is 2.12. The summed E-state index contributed by atoms with van der Waals surface area (Å²) in [4.78, 5) is 10.3. The first kappa shape index (κ1) is 12.6. The molecule has 98 valence electrons. The fourth-order valence-electron chi connectivity index (χ4n) is 2.25. The average molecular weight is 252 g/mol. The summed E-state index contributed by atoms with van der Waals surface area (Å²) in [5, 5.41) is 23.9. The number of nitro benzene ring substituents is 1. The van der Waals surface area contributed by atoms with Crippen LogP contribution in [0.1, 0.15) is 30.9 Å². The Labute approximate surface area is 105 Å². The minimum atomic E-state index is -0.593. The van der Waals surface area contributed by atoms with Crippen LogP contribution in [-0.4, -0.2) is 23.7 Å². The number of phenols is 1. The van der Waals surface area contributed by atoms with Gasteiger partial charge in [-0.2, -0.15) is 0 Å². The van der Waals surface area contributed by atoms with Crippen molar-refractivity contribution in [2.45, 2.75) is 25.3 Å². The smallest absolute Gasteiger partial charge is 0.314 e. The maximum atomic E-state index is 10.9. The molecule has 2 N–H and O–H groups in total. The maximum Gasteiger partial charge on any atom is 0.314 e. The molecule has 6 nitrogen and oxygen atoms in total. The van der Waals surface area contributed by atoms with Crippen LogP contribution in [0.25, 0.3) is 0 Å². The summed E-state index contributed by atoms with van der Waals surface area (Å²) in [5.74, 6) is -0.270. The summed E-state index contributed by atoms with van der Waals surface area (Å²) in [6, 6.07) is 3.17. The zero-order valence-corrected chi connectivity index (χ0v) is 10.2. The fraction of sp³-hybridized carbons (Fsp3) is 0.500. The van der Waals surface area contributed by atoms with Crippen molar-refractivity contribution in [3.8, 4) is 11.5 Å². The van der Waals surface area contributed by atoms with Crippen LogP contribution >= 0.6 is 0 Å². The fourth-order valence-corrected chi connectivity index (χ4v) is 2.25. The number of phenolic OH excluding ortho intramolecular Hbond substituents is 1. The van der Waals surface area contributed by atoms with E-state index in [4.69, 9.17) is 4.74 Å². The second-order valence-corrected chi connectivity index (χ2v) is 4.35. The van der Waals surface area contributed by atoms with Crippen LogP contribution in [0.15, 0.2) is 12.1 Å². The van der Waals surface area contributed by atoms with Crippen molar-refractivity contribution in [2.75, 3.05) is 13.7 Å². The highest BCUT2D eigenvalue weighted by Crippen LogP contribution is 2.39. The summed E-state index contributed by atoms with van der Waals surface area (Å²) < 4.78 is 4.99. The van der Waals surface area contributed by atoms with Gasteiger partial charge in [-0.3, -0.25) is 10.1 Å².